The smallest absolute Gasteiger partial charge is 0.203 e. The van der Waals surface area contributed by atoms with Gasteiger partial charge < -0.3 is 24.6 Å². The molecule has 2 rings (SSSR count). The van der Waals surface area contributed by atoms with Crippen molar-refractivity contribution in [2.45, 2.75) is 38.5 Å². The van der Waals surface area contributed by atoms with Crippen LogP contribution in [0.15, 0.2) is 12.1 Å². The Morgan fingerprint density at radius 3 is 2.30 bits per heavy atom. The summed E-state index contributed by atoms with van der Waals surface area (Å²) in [4.78, 5) is 0. The first-order valence-corrected chi connectivity index (χ1v) is 6.93. The molecular weight excluding hydrogens is 258 g/mol. The quantitative estimate of drug-likeness (QED) is 0.759. The highest BCUT2D eigenvalue weighted by atomic mass is 16.5. The molecule has 1 aromatic carbocycles. The van der Waals surface area contributed by atoms with Crippen molar-refractivity contribution in [2.75, 3.05) is 20.8 Å². The van der Waals surface area contributed by atoms with Crippen molar-refractivity contribution in [3.05, 3.63) is 17.7 Å². The van der Waals surface area contributed by atoms with Gasteiger partial charge in [-0.05, 0) is 37.5 Å². The number of methoxy groups -OCH3 is 2. The van der Waals surface area contributed by atoms with Crippen LogP contribution >= 0.6 is 0 Å². The first kappa shape index (κ1) is 14.9. The van der Waals surface area contributed by atoms with Crippen LogP contribution in [0.1, 0.15) is 25.3 Å². The number of hydrogen-bond donors (Lipinski definition) is 2. The van der Waals surface area contributed by atoms with Gasteiger partial charge in [-0.3, -0.25) is 0 Å². The Labute approximate surface area is 119 Å². The highest BCUT2D eigenvalue weighted by molar-refractivity contribution is 5.53. The fourth-order valence-corrected chi connectivity index (χ4v) is 1.93. The number of aliphatic hydroxyl groups excluding tert-OH is 1. The zero-order valence-electron chi connectivity index (χ0n) is 12.3. The van der Waals surface area contributed by atoms with E-state index in [0.29, 0.717) is 23.3 Å². The molecule has 0 saturated heterocycles. The molecule has 1 aliphatic carbocycles. The zero-order valence-corrected chi connectivity index (χ0v) is 12.3. The average molecular weight is 281 g/mol. The molecule has 5 heteroatoms. The van der Waals surface area contributed by atoms with Gasteiger partial charge in [0, 0.05) is 12.6 Å². The number of nitrogens with one attached hydrogen (secondary N) is 1. The van der Waals surface area contributed by atoms with Crippen LogP contribution in [-0.4, -0.2) is 38.1 Å². The number of ether oxygens (including phenoxy) is 3. The SMILES string of the molecule is COc1cc(CNC2CC2)cc(OC)c1OCC(C)O. The summed E-state index contributed by atoms with van der Waals surface area (Å²) in [6, 6.07) is 4.53. The minimum absolute atomic E-state index is 0.201. The summed E-state index contributed by atoms with van der Waals surface area (Å²) in [6.07, 6.45) is 1.97. The van der Waals surface area contributed by atoms with Gasteiger partial charge in [-0.15, -0.1) is 0 Å². The van der Waals surface area contributed by atoms with Crippen molar-refractivity contribution < 1.29 is 19.3 Å². The topological polar surface area (TPSA) is 60.0 Å². The van der Waals surface area contributed by atoms with Crippen LogP contribution < -0.4 is 19.5 Å². The van der Waals surface area contributed by atoms with Crippen molar-refractivity contribution in [1.29, 1.82) is 0 Å². The molecule has 0 bridgehead atoms. The summed E-state index contributed by atoms with van der Waals surface area (Å²) in [5.41, 5.74) is 1.09. The van der Waals surface area contributed by atoms with E-state index in [1.807, 2.05) is 12.1 Å². The van der Waals surface area contributed by atoms with E-state index in [1.165, 1.54) is 12.8 Å². The van der Waals surface area contributed by atoms with Crippen molar-refractivity contribution in [3.63, 3.8) is 0 Å². The van der Waals surface area contributed by atoms with E-state index < -0.39 is 6.10 Å². The Hall–Kier alpha value is -1.46. The van der Waals surface area contributed by atoms with E-state index in [4.69, 9.17) is 14.2 Å². The molecule has 0 aliphatic heterocycles. The number of aliphatic hydroxyl groups is 1. The maximum absolute atomic E-state index is 9.33. The second kappa shape index (κ2) is 6.81. The molecule has 0 aromatic heterocycles. The molecule has 5 nitrogen and oxygen atoms in total. The highest BCUT2D eigenvalue weighted by Gasteiger charge is 2.21. The second-order valence-corrected chi connectivity index (χ2v) is 5.14. The van der Waals surface area contributed by atoms with Gasteiger partial charge in [0.2, 0.25) is 5.75 Å². The lowest BCUT2D eigenvalue weighted by Crippen LogP contribution is -2.16. The van der Waals surface area contributed by atoms with Crippen molar-refractivity contribution >= 4 is 0 Å². The molecule has 2 N–H and O–H groups in total. The third kappa shape index (κ3) is 4.02. The van der Waals surface area contributed by atoms with Crippen molar-refractivity contribution in [1.82, 2.24) is 5.32 Å². The van der Waals surface area contributed by atoms with Gasteiger partial charge in [-0.25, -0.2) is 0 Å². The van der Waals surface area contributed by atoms with Gasteiger partial charge in [-0.2, -0.15) is 0 Å². The van der Waals surface area contributed by atoms with Crippen molar-refractivity contribution in [2.24, 2.45) is 0 Å². The molecule has 1 saturated carbocycles. The standard InChI is InChI=1S/C15H23NO4/c1-10(17)9-20-15-13(18-2)6-11(7-14(15)19-3)8-16-12-4-5-12/h6-7,10,12,16-17H,4-5,8-9H2,1-3H3. The molecule has 0 amide bonds. The zero-order chi connectivity index (χ0) is 14.5. The van der Waals surface area contributed by atoms with Crippen LogP contribution in [0, 0.1) is 0 Å². The van der Waals surface area contributed by atoms with E-state index in [-0.39, 0.29) is 6.61 Å². The molecule has 112 valence electrons. The average Bonchev–Trinajstić information content (AvgIpc) is 3.26. The van der Waals surface area contributed by atoms with Gasteiger partial charge in [0.05, 0.1) is 20.3 Å². The normalized spacial score (nSPS) is 15.8. The number of benzene rings is 1. The third-order valence-electron chi connectivity index (χ3n) is 3.16. The summed E-state index contributed by atoms with van der Waals surface area (Å²) in [5, 5.41) is 12.8. The molecule has 0 heterocycles. The van der Waals surface area contributed by atoms with Gasteiger partial charge in [0.25, 0.3) is 0 Å². The largest absolute Gasteiger partial charge is 0.493 e. The predicted molar refractivity (Wildman–Crippen MR) is 76.6 cm³/mol. The number of rotatable bonds is 8. The first-order valence-electron chi connectivity index (χ1n) is 6.93. The van der Waals surface area contributed by atoms with E-state index in [0.717, 1.165) is 12.1 Å². The summed E-state index contributed by atoms with van der Waals surface area (Å²) in [7, 11) is 3.20. The Morgan fingerprint density at radius 2 is 1.85 bits per heavy atom. The van der Waals surface area contributed by atoms with Crippen LogP contribution in [0.4, 0.5) is 0 Å². The van der Waals surface area contributed by atoms with Gasteiger partial charge in [0.15, 0.2) is 11.5 Å². The summed E-state index contributed by atoms with van der Waals surface area (Å²) < 4.78 is 16.3. The van der Waals surface area contributed by atoms with Crippen LogP contribution in [0.5, 0.6) is 17.2 Å². The summed E-state index contributed by atoms with van der Waals surface area (Å²) >= 11 is 0. The molecule has 1 unspecified atom stereocenters. The van der Waals surface area contributed by atoms with E-state index in [1.54, 1.807) is 21.1 Å². The Balaban J connectivity index is 2.15. The summed E-state index contributed by atoms with van der Waals surface area (Å²) in [6.45, 7) is 2.66. The Kier molecular flexibility index (Phi) is 5.09. The number of hydrogen-bond acceptors (Lipinski definition) is 5. The molecule has 0 radical (unpaired) electrons. The second-order valence-electron chi connectivity index (χ2n) is 5.14. The van der Waals surface area contributed by atoms with E-state index in [2.05, 4.69) is 5.32 Å². The minimum atomic E-state index is -0.541. The van der Waals surface area contributed by atoms with Crippen molar-refractivity contribution in [3.8, 4) is 17.2 Å². The lowest BCUT2D eigenvalue weighted by molar-refractivity contribution is 0.118. The minimum Gasteiger partial charge on any atom is -0.493 e. The lowest BCUT2D eigenvalue weighted by Gasteiger charge is -2.17. The molecular formula is C15H23NO4. The first-order chi connectivity index (χ1) is 9.63. The lowest BCUT2D eigenvalue weighted by atomic mass is 10.1. The van der Waals surface area contributed by atoms with Gasteiger partial charge >= 0.3 is 0 Å². The maximum atomic E-state index is 9.33. The van der Waals surface area contributed by atoms with E-state index in [9.17, 15) is 5.11 Å². The Morgan fingerprint density at radius 1 is 1.25 bits per heavy atom. The van der Waals surface area contributed by atoms with Crippen LogP contribution in [0.2, 0.25) is 0 Å². The molecule has 1 aromatic rings. The van der Waals surface area contributed by atoms with Crippen LogP contribution in [0.3, 0.4) is 0 Å². The molecule has 0 spiro atoms. The fraction of sp³-hybridized carbons (Fsp3) is 0.600. The predicted octanol–water partition coefficient (Wildman–Crippen LogP) is 1.72. The molecule has 1 aliphatic rings. The molecule has 20 heavy (non-hydrogen) atoms. The molecule has 1 atom stereocenters. The van der Waals surface area contributed by atoms with Gasteiger partial charge in [-0.1, -0.05) is 0 Å². The highest BCUT2D eigenvalue weighted by Crippen LogP contribution is 2.38. The third-order valence-corrected chi connectivity index (χ3v) is 3.16. The monoisotopic (exact) mass is 281 g/mol. The van der Waals surface area contributed by atoms with Crippen LogP contribution in [0.25, 0.3) is 0 Å². The van der Waals surface area contributed by atoms with Gasteiger partial charge in [0.1, 0.15) is 6.61 Å². The molecule has 1 fully saturated rings. The summed E-state index contributed by atoms with van der Waals surface area (Å²) in [5.74, 6) is 1.78. The fourth-order valence-electron chi connectivity index (χ4n) is 1.93. The Bertz CT molecular complexity index is 418. The van der Waals surface area contributed by atoms with E-state index >= 15 is 0 Å². The van der Waals surface area contributed by atoms with Crippen LogP contribution in [-0.2, 0) is 6.54 Å². The maximum Gasteiger partial charge on any atom is 0.203 e.